The van der Waals surface area contributed by atoms with Crippen molar-refractivity contribution in [1.29, 1.82) is 0 Å². The fraction of sp³-hybridized carbons (Fsp3) is 0.333. The summed E-state index contributed by atoms with van der Waals surface area (Å²) in [4.78, 5) is 29.3. The molecular weight excluding hydrogens is 377 g/mol. The molecule has 0 atom stereocenters. The van der Waals surface area contributed by atoms with Crippen LogP contribution in [-0.2, 0) is 10.4 Å². The zero-order valence-electron chi connectivity index (χ0n) is 16.9. The molecule has 0 aliphatic rings. The maximum absolute atomic E-state index is 14.3. The van der Waals surface area contributed by atoms with Crippen LogP contribution in [0.2, 0.25) is 0 Å². The first-order valence-electron chi connectivity index (χ1n) is 9.12. The molecule has 0 aromatic heterocycles. The second kappa shape index (κ2) is 9.60. The van der Waals surface area contributed by atoms with E-state index < -0.39 is 17.3 Å². The first-order valence-corrected chi connectivity index (χ1v) is 9.12. The highest BCUT2D eigenvalue weighted by Gasteiger charge is 2.25. The van der Waals surface area contributed by atoms with Gasteiger partial charge < -0.3 is 15.7 Å². The summed E-state index contributed by atoms with van der Waals surface area (Å²) >= 11 is 0. The zero-order chi connectivity index (χ0) is 21.6. The number of nitrogens with one attached hydrogen (secondary N) is 3. The summed E-state index contributed by atoms with van der Waals surface area (Å²) in [7, 11) is 1.74. The van der Waals surface area contributed by atoms with Gasteiger partial charge in [0.2, 0.25) is 0 Å². The van der Waals surface area contributed by atoms with Crippen LogP contribution in [0, 0.1) is 12.7 Å². The Balaban J connectivity index is 2.56. The molecule has 4 N–H and O–H groups in total. The number of aldehydes is 1. The minimum atomic E-state index is -0.606. The maximum Gasteiger partial charge on any atom is 0.276 e. The van der Waals surface area contributed by atoms with Gasteiger partial charge in [0.15, 0.2) is 0 Å². The number of hydroxylamine groups is 1. The van der Waals surface area contributed by atoms with E-state index >= 15 is 0 Å². The molecule has 1 amide bonds. The molecule has 0 saturated heterocycles. The summed E-state index contributed by atoms with van der Waals surface area (Å²) in [5, 5.41) is 14.8. The van der Waals surface area contributed by atoms with E-state index in [0.29, 0.717) is 17.4 Å². The summed E-state index contributed by atoms with van der Waals surface area (Å²) in [5.74, 6) is -1.08. The third-order valence-electron chi connectivity index (χ3n) is 4.61. The van der Waals surface area contributed by atoms with E-state index in [9.17, 15) is 14.0 Å². The summed E-state index contributed by atoms with van der Waals surface area (Å²) < 4.78 is 14.3. The number of carbonyl (C=O) groups excluding carboxylic acids is 2. The van der Waals surface area contributed by atoms with Crippen LogP contribution >= 0.6 is 0 Å². The lowest BCUT2D eigenvalue weighted by atomic mass is 9.88. The molecule has 0 aliphatic heterocycles. The first kappa shape index (κ1) is 22.5. The second-order valence-electron chi connectivity index (χ2n) is 7.09. The first-order chi connectivity index (χ1) is 13.7. The Morgan fingerprint density at radius 2 is 1.97 bits per heavy atom. The van der Waals surface area contributed by atoms with Gasteiger partial charge in [-0.05, 0) is 63.2 Å². The molecule has 156 valence electrons. The molecule has 0 fully saturated rings. The Kier molecular flexibility index (Phi) is 7.44. The number of amides is 1. The van der Waals surface area contributed by atoms with Crippen molar-refractivity contribution in [2.24, 2.45) is 0 Å². The van der Waals surface area contributed by atoms with Gasteiger partial charge in [-0.15, -0.1) is 0 Å². The van der Waals surface area contributed by atoms with Crippen LogP contribution in [0.25, 0.3) is 0 Å². The number of hydrogen-bond acceptors (Lipinski definition) is 6. The normalized spacial score (nSPS) is 11.2. The van der Waals surface area contributed by atoms with Crippen molar-refractivity contribution >= 4 is 23.6 Å². The highest BCUT2D eigenvalue weighted by atomic mass is 19.1. The number of aliphatic hydroxyl groups excluding tert-OH is 1. The topological polar surface area (TPSA) is 99.7 Å². The van der Waals surface area contributed by atoms with Gasteiger partial charge in [-0.3, -0.25) is 14.4 Å². The van der Waals surface area contributed by atoms with E-state index in [1.165, 1.54) is 12.1 Å². The molecule has 0 bridgehead atoms. The summed E-state index contributed by atoms with van der Waals surface area (Å²) in [5.41, 5.74) is 3.91. The highest BCUT2D eigenvalue weighted by molar-refractivity contribution is 6.01. The monoisotopic (exact) mass is 403 g/mol. The van der Waals surface area contributed by atoms with E-state index in [0.717, 1.165) is 5.56 Å². The predicted octanol–water partition coefficient (Wildman–Crippen LogP) is 2.80. The molecule has 0 heterocycles. The Morgan fingerprint density at radius 1 is 1.24 bits per heavy atom. The van der Waals surface area contributed by atoms with Crippen molar-refractivity contribution in [1.82, 2.24) is 10.8 Å². The molecule has 0 saturated carbocycles. The number of hydrogen-bond donors (Lipinski definition) is 4. The average molecular weight is 403 g/mol. The fourth-order valence-electron chi connectivity index (χ4n) is 2.76. The van der Waals surface area contributed by atoms with Crippen molar-refractivity contribution in [2.45, 2.75) is 26.3 Å². The lowest BCUT2D eigenvalue weighted by Crippen LogP contribution is -2.35. The van der Waals surface area contributed by atoms with Crippen LogP contribution in [-0.4, -0.2) is 37.6 Å². The standard InChI is InChI=1S/C21H26FN3O4/c1-13-5-6-18(17(22)9-13)24-19-10-14(12-27)16(21(2,3)23-4)11-15(19)20(28)25-29-8-7-26/h5-6,9-12,23-24,26H,7-8H2,1-4H3,(H,25,28). The molecule has 0 unspecified atom stereocenters. The van der Waals surface area contributed by atoms with Gasteiger partial charge >= 0.3 is 0 Å². The van der Waals surface area contributed by atoms with Gasteiger partial charge in [0, 0.05) is 11.1 Å². The van der Waals surface area contributed by atoms with Crippen molar-refractivity contribution in [3.8, 4) is 0 Å². The van der Waals surface area contributed by atoms with E-state index in [1.807, 2.05) is 13.8 Å². The number of aryl methyl sites for hydroxylation is 1. The molecule has 7 nitrogen and oxygen atoms in total. The average Bonchev–Trinajstić information content (AvgIpc) is 2.69. The van der Waals surface area contributed by atoms with Crippen molar-refractivity contribution in [2.75, 3.05) is 25.6 Å². The van der Waals surface area contributed by atoms with E-state index in [-0.39, 0.29) is 30.2 Å². The van der Waals surface area contributed by atoms with Gasteiger partial charge in [0.1, 0.15) is 12.1 Å². The van der Waals surface area contributed by atoms with Crippen LogP contribution in [0.3, 0.4) is 0 Å². The van der Waals surface area contributed by atoms with Crippen LogP contribution in [0.1, 0.15) is 45.7 Å². The SMILES string of the molecule is CNC(C)(C)c1cc(C(=O)NOCCO)c(Nc2ccc(C)cc2F)cc1C=O. The number of aliphatic hydroxyl groups is 1. The summed E-state index contributed by atoms with van der Waals surface area (Å²) in [6.45, 7) is 5.16. The molecule has 0 radical (unpaired) electrons. The van der Waals surface area contributed by atoms with Gasteiger partial charge in [0.25, 0.3) is 5.91 Å². The molecular formula is C21H26FN3O4. The number of halogens is 1. The van der Waals surface area contributed by atoms with E-state index in [2.05, 4.69) is 16.1 Å². The largest absolute Gasteiger partial charge is 0.394 e. The van der Waals surface area contributed by atoms with Crippen LogP contribution in [0.4, 0.5) is 15.8 Å². The second-order valence-corrected chi connectivity index (χ2v) is 7.09. The highest BCUT2D eigenvalue weighted by Crippen LogP contribution is 2.31. The molecule has 2 aromatic rings. The Labute approximate surface area is 169 Å². The van der Waals surface area contributed by atoms with Gasteiger partial charge in [0.05, 0.1) is 30.2 Å². The van der Waals surface area contributed by atoms with Crippen molar-refractivity contribution in [3.63, 3.8) is 0 Å². The van der Waals surface area contributed by atoms with Gasteiger partial charge in [-0.1, -0.05) is 6.07 Å². The Bertz CT molecular complexity index is 900. The summed E-state index contributed by atoms with van der Waals surface area (Å²) in [6.07, 6.45) is 0.690. The maximum atomic E-state index is 14.3. The molecule has 8 heteroatoms. The summed E-state index contributed by atoms with van der Waals surface area (Å²) in [6, 6.07) is 7.72. The Hall–Kier alpha value is -2.81. The number of benzene rings is 2. The third-order valence-corrected chi connectivity index (χ3v) is 4.61. The zero-order valence-corrected chi connectivity index (χ0v) is 16.9. The van der Waals surface area contributed by atoms with Crippen LogP contribution in [0.15, 0.2) is 30.3 Å². The predicted molar refractivity (Wildman–Crippen MR) is 109 cm³/mol. The molecule has 0 aliphatic carbocycles. The van der Waals surface area contributed by atoms with E-state index in [1.54, 1.807) is 32.2 Å². The molecule has 2 rings (SSSR count). The quantitative estimate of drug-likeness (QED) is 0.292. The number of rotatable bonds is 9. The fourth-order valence-corrected chi connectivity index (χ4v) is 2.76. The minimum Gasteiger partial charge on any atom is -0.394 e. The number of anilines is 2. The third kappa shape index (κ3) is 5.38. The van der Waals surface area contributed by atoms with Crippen molar-refractivity contribution in [3.05, 3.63) is 58.4 Å². The van der Waals surface area contributed by atoms with Gasteiger partial charge in [-0.25, -0.2) is 9.87 Å². The van der Waals surface area contributed by atoms with Gasteiger partial charge in [-0.2, -0.15) is 0 Å². The van der Waals surface area contributed by atoms with Crippen LogP contribution < -0.4 is 16.1 Å². The van der Waals surface area contributed by atoms with Crippen LogP contribution in [0.5, 0.6) is 0 Å². The molecule has 0 spiro atoms. The van der Waals surface area contributed by atoms with Crippen molar-refractivity contribution < 1.29 is 23.9 Å². The Morgan fingerprint density at radius 3 is 2.55 bits per heavy atom. The lowest BCUT2D eigenvalue weighted by Gasteiger charge is -2.27. The van der Waals surface area contributed by atoms with E-state index in [4.69, 9.17) is 9.94 Å². The lowest BCUT2D eigenvalue weighted by molar-refractivity contribution is 0.0169. The molecule has 29 heavy (non-hydrogen) atoms. The number of carbonyl (C=O) groups is 2. The smallest absolute Gasteiger partial charge is 0.276 e. The molecule has 2 aromatic carbocycles. The minimum absolute atomic E-state index is 0.0810.